The highest BCUT2D eigenvalue weighted by Crippen LogP contribution is 2.26. The molecule has 0 spiro atoms. The van der Waals surface area contributed by atoms with Gasteiger partial charge in [0, 0.05) is 23.6 Å². The van der Waals surface area contributed by atoms with Crippen LogP contribution in [0.2, 0.25) is 0 Å². The van der Waals surface area contributed by atoms with Crippen LogP contribution in [-0.2, 0) is 4.79 Å². The first kappa shape index (κ1) is 14.4. The minimum Gasteiger partial charge on any atom is -0.369 e. The van der Waals surface area contributed by atoms with Gasteiger partial charge in [-0.1, -0.05) is 15.9 Å². The van der Waals surface area contributed by atoms with Crippen LogP contribution in [0.4, 0.5) is 5.69 Å². The summed E-state index contributed by atoms with van der Waals surface area (Å²) in [5, 5.41) is 11.0. The van der Waals surface area contributed by atoms with Gasteiger partial charge in [0.15, 0.2) is 0 Å². The largest absolute Gasteiger partial charge is 0.369 e. The normalized spacial score (nSPS) is 18.1. The van der Waals surface area contributed by atoms with Crippen molar-refractivity contribution in [3.05, 3.63) is 38.3 Å². The molecule has 1 fully saturated rings. The summed E-state index contributed by atoms with van der Waals surface area (Å²) in [4.78, 5) is 35.2. The van der Waals surface area contributed by atoms with E-state index in [0.29, 0.717) is 17.4 Å². The maximum Gasteiger partial charge on any atom is 0.283 e. The first-order valence-corrected chi connectivity index (χ1v) is 6.72. The lowest BCUT2D eigenvalue weighted by molar-refractivity contribution is -0.385. The van der Waals surface area contributed by atoms with E-state index in [1.54, 1.807) is 6.07 Å². The van der Waals surface area contributed by atoms with Crippen molar-refractivity contribution in [1.82, 2.24) is 4.90 Å². The van der Waals surface area contributed by atoms with Crippen LogP contribution in [-0.4, -0.2) is 34.7 Å². The van der Waals surface area contributed by atoms with Gasteiger partial charge in [-0.2, -0.15) is 0 Å². The van der Waals surface area contributed by atoms with Gasteiger partial charge >= 0.3 is 0 Å². The van der Waals surface area contributed by atoms with E-state index in [1.807, 2.05) is 0 Å². The fraction of sp³-hybridized carbons (Fsp3) is 0.333. The van der Waals surface area contributed by atoms with Crippen LogP contribution < -0.4 is 5.73 Å². The van der Waals surface area contributed by atoms with Crippen molar-refractivity contribution in [3.8, 4) is 0 Å². The number of benzene rings is 1. The predicted octanol–water partition coefficient (Wildman–Crippen LogP) is 1.30. The summed E-state index contributed by atoms with van der Waals surface area (Å²) in [7, 11) is 0. The number of primary amides is 1. The molecule has 2 rings (SSSR count). The van der Waals surface area contributed by atoms with Gasteiger partial charge in [-0.15, -0.1) is 0 Å². The summed E-state index contributed by atoms with van der Waals surface area (Å²) in [5.74, 6) is -1.29. The SMILES string of the molecule is NC(=O)[C@@H]1CCN(C(=O)c2ccc(Br)cc2[N+](=O)[O-])C1. The van der Waals surface area contributed by atoms with Gasteiger partial charge in [0.1, 0.15) is 5.56 Å². The molecule has 1 aliphatic heterocycles. The molecular formula is C12H12BrN3O4. The molecular weight excluding hydrogens is 330 g/mol. The second-order valence-corrected chi connectivity index (χ2v) is 5.47. The number of halogens is 1. The van der Waals surface area contributed by atoms with Crippen molar-refractivity contribution >= 4 is 33.4 Å². The van der Waals surface area contributed by atoms with E-state index in [2.05, 4.69) is 15.9 Å². The number of hydrogen-bond donors (Lipinski definition) is 1. The number of nitro benzene ring substituents is 1. The molecule has 0 saturated carbocycles. The molecule has 2 amide bonds. The monoisotopic (exact) mass is 341 g/mol. The molecule has 2 N–H and O–H groups in total. The number of carbonyl (C=O) groups is 2. The Balaban J connectivity index is 2.26. The Kier molecular flexibility index (Phi) is 4.03. The molecule has 0 unspecified atom stereocenters. The highest BCUT2D eigenvalue weighted by molar-refractivity contribution is 9.10. The fourth-order valence-corrected chi connectivity index (χ4v) is 2.53. The number of likely N-dealkylation sites (tertiary alicyclic amines) is 1. The number of amides is 2. The lowest BCUT2D eigenvalue weighted by atomic mass is 10.1. The molecule has 20 heavy (non-hydrogen) atoms. The molecule has 106 valence electrons. The third kappa shape index (κ3) is 2.79. The van der Waals surface area contributed by atoms with Crippen molar-refractivity contribution in [2.75, 3.05) is 13.1 Å². The minimum absolute atomic E-state index is 0.0170. The van der Waals surface area contributed by atoms with Gasteiger partial charge in [-0.25, -0.2) is 0 Å². The first-order valence-electron chi connectivity index (χ1n) is 5.92. The molecule has 7 nitrogen and oxygen atoms in total. The molecule has 1 atom stereocenters. The smallest absolute Gasteiger partial charge is 0.283 e. The average molecular weight is 342 g/mol. The highest BCUT2D eigenvalue weighted by atomic mass is 79.9. The van der Waals surface area contributed by atoms with Crippen LogP contribution >= 0.6 is 15.9 Å². The Morgan fingerprint density at radius 1 is 1.45 bits per heavy atom. The number of nitrogens with two attached hydrogens (primary N) is 1. The Morgan fingerprint density at radius 2 is 2.15 bits per heavy atom. The third-order valence-electron chi connectivity index (χ3n) is 3.26. The lowest BCUT2D eigenvalue weighted by Gasteiger charge is -2.16. The molecule has 0 radical (unpaired) electrons. The van der Waals surface area contributed by atoms with E-state index in [-0.39, 0.29) is 23.7 Å². The van der Waals surface area contributed by atoms with Crippen molar-refractivity contribution in [2.45, 2.75) is 6.42 Å². The van der Waals surface area contributed by atoms with Gasteiger partial charge < -0.3 is 10.6 Å². The van der Waals surface area contributed by atoms with Crippen molar-refractivity contribution in [2.24, 2.45) is 11.7 Å². The molecule has 1 heterocycles. The second-order valence-electron chi connectivity index (χ2n) is 4.56. The molecule has 0 bridgehead atoms. The molecule has 0 aliphatic carbocycles. The van der Waals surface area contributed by atoms with Crippen LogP contribution in [0.25, 0.3) is 0 Å². The minimum atomic E-state index is -0.598. The van der Waals surface area contributed by atoms with E-state index < -0.39 is 16.7 Å². The van der Waals surface area contributed by atoms with Gasteiger partial charge in [-0.3, -0.25) is 19.7 Å². The number of nitrogens with zero attached hydrogens (tertiary/aromatic N) is 2. The topological polar surface area (TPSA) is 107 Å². The summed E-state index contributed by atoms with van der Waals surface area (Å²) >= 11 is 3.14. The van der Waals surface area contributed by atoms with Crippen LogP contribution in [0.15, 0.2) is 22.7 Å². The summed E-state index contributed by atoms with van der Waals surface area (Å²) in [6.45, 7) is 0.584. The van der Waals surface area contributed by atoms with Gasteiger partial charge in [-0.05, 0) is 18.6 Å². The number of hydrogen-bond acceptors (Lipinski definition) is 4. The summed E-state index contributed by atoms with van der Waals surface area (Å²) < 4.78 is 0.525. The van der Waals surface area contributed by atoms with Gasteiger partial charge in [0.05, 0.1) is 10.8 Å². The molecule has 1 aromatic rings. The van der Waals surface area contributed by atoms with E-state index in [9.17, 15) is 19.7 Å². The summed E-state index contributed by atoms with van der Waals surface area (Å²) in [5.41, 5.74) is 4.96. The number of rotatable bonds is 3. The van der Waals surface area contributed by atoms with Crippen LogP contribution in [0, 0.1) is 16.0 Å². The number of nitro groups is 1. The quantitative estimate of drug-likeness (QED) is 0.660. The predicted molar refractivity (Wildman–Crippen MR) is 74.0 cm³/mol. The third-order valence-corrected chi connectivity index (χ3v) is 3.76. The molecule has 8 heteroatoms. The lowest BCUT2D eigenvalue weighted by Crippen LogP contribution is -2.32. The fourth-order valence-electron chi connectivity index (χ4n) is 2.18. The molecule has 1 aromatic carbocycles. The van der Waals surface area contributed by atoms with Crippen LogP contribution in [0.5, 0.6) is 0 Å². The van der Waals surface area contributed by atoms with E-state index >= 15 is 0 Å². The van der Waals surface area contributed by atoms with E-state index in [4.69, 9.17) is 5.73 Å². The standard InChI is InChI=1S/C12H12BrN3O4/c13-8-1-2-9(10(5-8)16(19)20)12(18)15-4-3-7(6-15)11(14)17/h1-2,5,7H,3-4,6H2,(H2,14,17)/t7-/m1/s1. The second kappa shape index (κ2) is 5.58. The zero-order chi connectivity index (χ0) is 14.9. The molecule has 1 saturated heterocycles. The van der Waals surface area contributed by atoms with Gasteiger partial charge in [0.2, 0.25) is 5.91 Å². The Bertz CT molecular complexity index is 590. The summed E-state index contributed by atoms with van der Waals surface area (Å²) in [6.07, 6.45) is 0.491. The maximum absolute atomic E-state index is 12.3. The van der Waals surface area contributed by atoms with Gasteiger partial charge in [0.25, 0.3) is 11.6 Å². The average Bonchev–Trinajstić information content (AvgIpc) is 2.87. The van der Waals surface area contributed by atoms with Crippen LogP contribution in [0.3, 0.4) is 0 Å². The van der Waals surface area contributed by atoms with E-state index in [1.165, 1.54) is 17.0 Å². The zero-order valence-corrected chi connectivity index (χ0v) is 12.0. The Morgan fingerprint density at radius 3 is 2.70 bits per heavy atom. The first-order chi connectivity index (χ1) is 9.40. The zero-order valence-electron chi connectivity index (χ0n) is 10.4. The molecule has 1 aliphatic rings. The molecule has 0 aromatic heterocycles. The van der Waals surface area contributed by atoms with Crippen molar-refractivity contribution in [1.29, 1.82) is 0 Å². The van der Waals surface area contributed by atoms with E-state index in [0.717, 1.165) is 0 Å². The Hall–Kier alpha value is -1.96. The van der Waals surface area contributed by atoms with Crippen LogP contribution in [0.1, 0.15) is 16.8 Å². The number of carbonyl (C=O) groups excluding carboxylic acids is 2. The Labute approximate surface area is 123 Å². The highest BCUT2D eigenvalue weighted by Gasteiger charge is 2.32. The van der Waals surface area contributed by atoms with Crippen molar-refractivity contribution < 1.29 is 14.5 Å². The summed E-state index contributed by atoms with van der Waals surface area (Å²) in [6, 6.07) is 4.26. The maximum atomic E-state index is 12.3. The van der Waals surface area contributed by atoms with Crippen molar-refractivity contribution in [3.63, 3.8) is 0 Å².